The first-order chi connectivity index (χ1) is 8.37. The molecule has 0 saturated heterocycles. The van der Waals surface area contributed by atoms with Gasteiger partial charge in [0.1, 0.15) is 0 Å². The van der Waals surface area contributed by atoms with Crippen molar-refractivity contribution in [2.75, 3.05) is 11.9 Å². The Labute approximate surface area is 108 Å². The number of aliphatic hydroxyl groups excluding tert-OH is 1. The van der Waals surface area contributed by atoms with E-state index in [4.69, 9.17) is 0 Å². The van der Waals surface area contributed by atoms with Gasteiger partial charge >= 0.3 is 6.03 Å². The smallest absolute Gasteiger partial charge is 0.319 e. The maximum absolute atomic E-state index is 11.5. The zero-order valence-corrected chi connectivity index (χ0v) is 11.2. The molecule has 1 unspecified atom stereocenters. The molecular weight excluding hydrogens is 228 g/mol. The Hall–Kier alpha value is -1.55. The van der Waals surface area contributed by atoms with Gasteiger partial charge < -0.3 is 15.7 Å². The first kappa shape index (κ1) is 14.5. The highest BCUT2D eigenvalue weighted by Gasteiger charge is 2.17. The van der Waals surface area contributed by atoms with E-state index in [-0.39, 0.29) is 18.0 Å². The summed E-state index contributed by atoms with van der Waals surface area (Å²) >= 11 is 0. The van der Waals surface area contributed by atoms with Crippen LogP contribution in [-0.2, 0) is 0 Å². The van der Waals surface area contributed by atoms with Gasteiger partial charge in [-0.2, -0.15) is 0 Å². The van der Waals surface area contributed by atoms with Gasteiger partial charge in [0.25, 0.3) is 0 Å². The molecule has 100 valence electrons. The minimum absolute atomic E-state index is 0.0526. The summed E-state index contributed by atoms with van der Waals surface area (Å²) in [7, 11) is 0. The summed E-state index contributed by atoms with van der Waals surface area (Å²) in [6.45, 7) is 6.43. The van der Waals surface area contributed by atoms with Crippen LogP contribution in [0.25, 0.3) is 0 Å². The Kier molecular flexibility index (Phi) is 5.16. The minimum atomic E-state index is -0.522. The number of carbonyl (C=O) groups excluding carboxylic acids is 1. The molecule has 0 aliphatic carbocycles. The first-order valence-corrected chi connectivity index (χ1v) is 6.15. The molecule has 3 N–H and O–H groups in total. The number of anilines is 1. The van der Waals surface area contributed by atoms with Gasteiger partial charge in [-0.05, 0) is 24.0 Å². The van der Waals surface area contributed by atoms with Crippen LogP contribution in [0.1, 0.15) is 27.2 Å². The van der Waals surface area contributed by atoms with Crippen molar-refractivity contribution in [2.45, 2.75) is 33.3 Å². The van der Waals surface area contributed by atoms with Crippen LogP contribution >= 0.6 is 0 Å². The van der Waals surface area contributed by atoms with E-state index in [2.05, 4.69) is 31.4 Å². The Morgan fingerprint density at radius 3 is 2.44 bits per heavy atom. The Bertz CT molecular complexity index is 371. The second kappa shape index (κ2) is 6.40. The fourth-order valence-corrected chi connectivity index (χ4v) is 1.69. The fourth-order valence-electron chi connectivity index (χ4n) is 1.69. The normalized spacial score (nSPS) is 12.9. The zero-order valence-electron chi connectivity index (χ0n) is 11.2. The molecule has 0 aliphatic rings. The summed E-state index contributed by atoms with van der Waals surface area (Å²) in [5.74, 6) is 0. The number of aliphatic hydroxyl groups is 1. The van der Waals surface area contributed by atoms with Crippen molar-refractivity contribution in [1.82, 2.24) is 5.32 Å². The molecule has 1 aromatic carbocycles. The fraction of sp³-hybridized carbons (Fsp3) is 0.500. The molecule has 4 heteroatoms. The highest BCUT2D eigenvalue weighted by molar-refractivity contribution is 5.89. The molecule has 0 spiro atoms. The van der Waals surface area contributed by atoms with E-state index in [1.54, 1.807) is 0 Å². The lowest BCUT2D eigenvalue weighted by molar-refractivity contribution is 0.121. The van der Waals surface area contributed by atoms with E-state index < -0.39 is 6.10 Å². The largest absolute Gasteiger partial charge is 0.391 e. The molecular formula is C14H22N2O2. The number of hydrogen-bond donors (Lipinski definition) is 3. The van der Waals surface area contributed by atoms with Gasteiger partial charge in [-0.15, -0.1) is 0 Å². The van der Waals surface area contributed by atoms with E-state index in [1.165, 1.54) is 0 Å². The lowest BCUT2D eigenvalue weighted by Gasteiger charge is -2.22. The molecule has 2 amide bonds. The molecule has 0 heterocycles. The molecule has 1 atom stereocenters. The predicted octanol–water partition coefficient (Wildman–Crippen LogP) is 2.61. The molecule has 0 aromatic heterocycles. The van der Waals surface area contributed by atoms with Crippen molar-refractivity contribution < 1.29 is 9.90 Å². The molecule has 1 aromatic rings. The third-order valence-electron chi connectivity index (χ3n) is 2.38. The SMILES string of the molecule is CC(C)(C)CC(O)CNC(=O)Nc1ccccc1. The first-order valence-electron chi connectivity index (χ1n) is 6.15. The number of urea groups is 1. The second-order valence-electron chi connectivity index (χ2n) is 5.62. The van der Waals surface area contributed by atoms with E-state index >= 15 is 0 Å². The van der Waals surface area contributed by atoms with E-state index in [1.807, 2.05) is 30.3 Å². The van der Waals surface area contributed by atoms with Crippen molar-refractivity contribution in [1.29, 1.82) is 0 Å². The monoisotopic (exact) mass is 250 g/mol. The maximum atomic E-state index is 11.5. The van der Waals surface area contributed by atoms with Crippen LogP contribution in [0, 0.1) is 5.41 Å². The minimum Gasteiger partial charge on any atom is -0.391 e. The summed E-state index contributed by atoms with van der Waals surface area (Å²) in [5.41, 5.74) is 0.789. The number of para-hydroxylation sites is 1. The van der Waals surface area contributed by atoms with Crippen LogP contribution in [0.15, 0.2) is 30.3 Å². The summed E-state index contributed by atoms with van der Waals surface area (Å²) in [5, 5.41) is 15.1. The van der Waals surface area contributed by atoms with E-state index in [0.717, 1.165) is 5.69 Å². The number of rotatable bonds is 4. The lowest BCUT2D eigenvalue weighted by atomic mass is 9.89. The van der Waals surface area contributed by atoms with Crippen LogP contribution in [0.5, 0.6) is 0 Å². The Morgan fingerprint density at radius 2 is 1.89 bits per heavy atom. The van der Waals surface area contributed by atoms with Gasteiger partial charge in [0, 0.05) is 12.2 Å². The number of hydrogen-bond acceptors (Lipinski definition) is 2. The molecule has 18 heavy (non-hydrogen) atoms. The second-order valence-corrected chi connectivity index (χ2v) is 5.62. The van der Waals surface area contributed by atoms with Crippen LogP contribution in [-0.4, -0.2) is 23.8 Å². The molecule has 1 rings (SSSR count). The van der Waals surface area contributed by atoms with Gasteiger partial charge in [0.15, 0.2) is 0 Å². The topological polar surface area (TPSA) is 61.4 Å². The maximum Gasteiger partial charge on any atom is 0.319 e. The van der Waals surface area contributed by atoms with Crippen LogP contribution in [0.4, 0.5) is 10.5 Å². The van der Waals surface area contributed by atoms with Gasteiger partial charge in [-0.1, -0.05) is 39.0 Å². The van der Waals surface area contributed by atoms with Crippen molar-refractivity contribution in [3.8, 4) is 0 Å². The van der Waals surface area contributed by atoms with Gasteiger partial charge in [0.05, 0.1) is 6.10 Å². The molecule has 0 aliphatic heterocycles. The van der Waals surface area contributed by atoms with Crippen LogP contribution in [0.3, 0.4) is 0 Å². The number of amides is 2. The molecule has 0 radical (unpaired) electrons. The average molecular weight is 250 g/mol. The number of carbonyl (C=O) groups is 1. The molecule has 0 saturated carbocycles. The van der Waals surface area contributed by atoms with Crippen molar-refractivity contribution in [2.24, 2.45) is 5.41 Å². The predicted molar refractivity (Wildman–Crippen MR) is 73.5 cm³/mol. The average Bonchev–Trinajstić information content (AvgIpc) is 2.25. The Balaban J connectivity index is 2.29. The summed E-state index contributed by atoms with van der Waals surface area (Å²) in [6, 6.07) is 8.91. The van der Waals surface area contributed by atoms with E-state index in [0.29, 0.717) is 6.42 Å². The van der Waals surface area contributed by atoms with Crippen molar-refractivity contribution in [3.05, 3.63) is 30.3 Å². The van der Waals surface area contributed by atoms with Crippen LogP contribution < -0.4 is 10.6 Å². The summed E-state index contributed by atoms with van der Waals surface area (Å²) in [4.78, 5) is 11.5. The van der Waals surface area contributed by atoms with Crippen molar-refractivity contribution in [3.63, 3.8) is 0 Å². The number of benzene rings is 1. The lowest BCUT2D eigenvalue weighted by Crippen LogP contribution is -2.36. The quantitative estimate of drug-likeness (QED) is 0.769. The third-order valence-corrected chi connectivity index (χ3v) is 2.38. The van der Waals surface area contributed by atoms with Gasteiger partial charge in [-0.25, -0.2) is 4.79 Å². The van der Waals surface area contributed by atoms with Gasteiger partial charge in [0.2, 0.25) is 0 Å². The highest BCUT2D eigenvalue weighted by Crippen LogP contribution is 2.20. The summed E-state index contributed by atoms with van der Waals surface area (Å²) < 4.78 is 0. The standard InChI is InChI=1S/C14H22N2O2/c1-14(2,3)9-12(17)10-15-13(18)16-11-7-5-4-6-8-11/h4-8,12,17H,9-10H2,1-3H3,(H2,15,16,18). The van der Waals surface area contributed by atoms with Gasteiger partial charge in [-0.3, -0.25) is 0 Å². The molecule has 0 bridgehead atoms. The molecule has 4 nitrogen and oxygen atoms in total. The third kappa shape index (κ3) is 6.25. The zero-order chi connectivity index (χ0) is 13.6. The Morgan fingerprint density at radius 1 is 1.28 bits per heavy atom. The summed E-state index contributed by atoms with van der Waals surface area (Å²) in [6.07, 6.45) is 0.130. The van der Waals surface area contributed by atoms with E-state index in [9.17, 15) is 9.90 Å². The van der Waals surface area contributed by atoms with Crippen LogP contribution in [0.2, 0.25) is 0 Å². The number of nitrogens with one attached hydrogen (secondary N) is 2. The molecule has 0 fully saturated rings. The van der Waals surface area contributed by atoms with Crippen molar-refractivity contribution >= 4 is 11.7 Å². The highest BCUT2D eigenvalue weighted by atomic mass is 16.3.